The van der Waals surface area contributed by atoms with Crippen molar-refractivity contribution in [3.05, 3.63) is 46.2 Å². The van der Waals surface area contributed by atoms with E-state index in [4.69, 9.17) is 16.7 Å². The Hall–Kier alpha value is -1.45. The maximum Gasteiger partial charge on any atom is 0.244 e. The number of halogens is 1. The molecule has 1 aromatic heterocycles. The average molecular weight is 424 g/mol. The van der Waals surface area contributed by atoms with E-state index in [0.29, 0.717) is 19.5 Å². The van der Waals surface area contributed by atoms with Crippen molar-refractivity contribution >= 4 is 21.6 Å². The first-order valence-corrected chi connectivity index (χ1v) is 11.4. The van der Waals surface area contributed by atoms with Gasteiger partial charge in [-0.05, 0) is 19.2 Å². The van der Waals surface area contributed by atoms with Gasteiger partial charge in [0.2, 0.25) is 10.0 Å². The van der Waals surface area contributed by atoms with Gasteiger partial charge in [-0.3, -0.25) is 9.58 Å². The summed E-state index contributed by atoms with van der Waals surface area (Å²) in [5, 5.41) is 4.99. The Bertz CT molecular complexity index is 967. The lowest BCUT2D eigenvalue weighted by Crippen LogP contribution is -2.44. The van der Waals surface area contributed by atoms with Gasteiger partial charge in [0.05, 0.1) is 10.7 Å². The molecule has 9 heteroatoms. The van der Waals surface area contributed by atoms with Gasteiger partial charge in [-0.1, -0.05) is 23.7 Å². The molecule has 2 aliphatic rings. The summed E-state index contributed by atoms with van der Waals surface area (Å²) in [6, 6.07) is 6.64. The molecule has 1 saturated heterocycles. The minimum Gasteiger partial charge on any atom is -0.304 e. The van der Waals surface area contributed by atoms with E-state index < -0.39 is 10.0 Å². The Balaban J connectivity index is 1.59. The normalized spacial score (nSPS) is 19.7. The van der Waals surface area contributed by atoms with E-state index in [2.05, 4.69) is 16.8 Å². The summed E-state index contributed by atoms with van der Waals surface area (Å²) in [5.74, 6) is 0. The maximum atomic E-state index is 13.2. The van der Waals surface area contributed by atoms with Crippen LogP contribution in [-0.4, -0.2) is 72.1 Å². The first-order chi connectivity index (χ1) is 13.4. The van der Waals surface area contributed by atoms with E-state index in [0.717, 1.165) is 49.7 Å². The molecule has 0 bridgehead atoms. The largest absolute Gasteiger partial charge is 0.304 e. The van der Waals surface area contributed by atoms with Gasteiger partial charge >= 0.3 is 0 Å². The second-order valence-corrected chi connectivity index (χ2v) is 9.91. The summed E-state index contributed by atoms with van der Waals surface area (Å²) < 4.78 is 29.8. The molecule has 0 aliphatic carbocycles. The monoisotopic (exact) mass is 423 g/mol. The second kappa shape index (κ2) is 7.76. The molecule has 2 aromatic rings. The van der Waals surface area contributed by atoms with Gasteiger partial charge in [0, 0.05) is 70.5 Å². The zero-order chi connectivity index (χ0) is 19.9. The highest BCUT2D eigenvalue weighted by Gasteiger charge is 2.33. The number of aromatic nitrogens is 2. The van der Waals surface area contributed by atoms with Crippen molar-refractivity contribution < 1.29 is 8.42 Å². The molecule has 4 rings (SSSR count). The third-order valence-corrected chi connectivity index (χ3v) is 8.06. The molecule has 0 unspecified atom stereocenters. The third-order valence-electron chi connectivity index (χ3n) is 5.71. The maximum absolute atomic E-state index is 13.2. The Morgan fingerprint density at radius 3 is 2.50 bits per heavy atom. The molecular formula is C19H26ClN5O2S. The number of hydrogen-bond donors (Lipinski definition) is 0. The van der Waals surface area contributed by atoms with Crippen LogP contribution in [0.15, 0.2) is 29.2 Å². The number of aryl methyl sites for hydroxylation is 1. The Labute approximate surface area is 171 Å². The predicted molar refractivity (Wildman–Crippen MR) is 109 cm³/mol. The minimum absolute atomic E-state index is 0.171. The quantitative estimate of drug-likeness (QED) is 0.747. The summed E-state index contributed by atoms with van der Waals surface area (Å²) in [7, 11) is 0.446. The summed E-state index contributed by atoms with van der Waals surface area (Å²) in [4.78, 5) is 4.89. The van der Waals surface area contributed by atoms with Gasteiger partial charge in [-0.2, -0.15) is 9.40 Å². The lowest BCUT2D eigenvalue weighted by Gasteiger charge is -2.32. The summed E-state index contributed by atoms with van der Waals surface area (Å²) in [6.07, 6.45) is 0.658. The van der Waals surface area contributed by atoms with Gasteiger partial charge in [-0.25, -0.2) is 8.42 Å². The zero-order valence-electron chi connectivity index (χ0n) is 16.3. The Morgan fingerprint density at radius 2 is 1.79 bits per heavy atom. The average Bonchev–Trinajstić information content (AvgIpc) is 2.99. The molecule has 0 atom stereocenters. The van der Waals surface area contributed by atoms with Crippen molar-refractivity contribution in [1.29, 1.82) is 0 Å². The molecule has 2 aliphatic heterocycles. The van der Waals surface area contributed by atoms with E-state index >= 15 is 0 Å². The highest BCUT2D eigenvalue weighted by Crippen LogP contribution is 2.30. The highest BCUT2D eigenvalue weighted by molar-refractivity contribution is 7.89. The fourth-order valence-corrected chi connectivity index (χ4v) is 5.89. The van der Waals surface area contributed by atoms with Crippen LogP contribution < -0.4 is 0 Å². The van der Waals surface area contributed by atoms with Crippen molar-refractivity contribution in [3.8, 4) is 0 Å². The van der Waals surface area contributed by atoms with E-state index in [9.17, 15) is 8.42 Å². The smallest absolute Gasteiger partial charge is 0.244 e. The van der Waals surface area contributed by atoms with Gasteiger partial charge in [0.1, 0.15) is 4.90 Å². The van der Waals surface area contributed by atoms with E-state index in [1.165, 1.54) is 4.31 Å². The molecule has 0 saturated carbocycles. The first-order valence-electron chi connectivity index (χ1n) is 9.55. The molecule has 0 N–H and O–H groups in total. The van der Waals surface area contributed by atoms with Crippen molar-refractivity contribution in [2.75, 3.05) is 39.8 Å². The first kappa shape index (κ1) is 19.8. The van der Waals surface area contributed by atoms with Crippen molar-refractivity contribution in [1.82, 2.24) is 23.9 Å². The number of piperazine rings is 1. The fraction of sp³-hybridized carbons (Fsp3) is 0.526. The lowest BCUT2D eigenvalue weighted by atomic mass is 10.1. The molecule has 152 valence electrons. The van der Waals surface area contributed by atoms with E-state index in [1.54, 1.807) is 24.3 Å². The number of nitrogens with zero attached hydrogens (tertiary/aromatic N) is 5. The highest BCUT2D eigenvalue weighted by atomic mass is 35.5. The number of rotatable bonds is 4. The van der Waals surface area contributed by atoms with Crippen LogP contribution in [0.25, 0.3) is 0 Å². The van der Waals surface area contributed by atoms with Gasteiger partial charge in [0.25, 0.3) is 0 Å². The van der Waals surface area contributed by atoms with Gasteiger partial charge < -0.3 is 4.90 Å². The Morgan fingerprint density at radius 1 is 1.07 bits per heavy atom. The zero-order valence-corrected chi connectivity index (χ0v) is 17.9. The van der Waals surface area contributed by atoms with Crippen molar-refractivity contribution in [2.24, 2.45) is 7.05 Å². The second-order valence-electron chi connectivity index (χ2n) is 7.59. The Kier molecular flexibility index (Phi) is 5.50. The molecular weight excluding hydrogens is 398 g/mol. The van der Waals surface area contributed by atoms with Crippen LogP contribution >= 0.6 is 11.6 Å². The molecule has 0 spiro atoms. The van der Waals surface area contributed by atoms with Crippen LogP contribution in [0.3, 0.4) is 0 Å². The molecule has 7 nitrogen and oxygen atoms in total. The minimum atomic E-state index is -3.64. The van der Waals surface area contributed by atoms with Crippen LogP contribution in [-0.2, 0) is 36.6 Å². The molecule has 0 amide bonds. The number of sulfonamides is 1. The predicted octanol–water partition coefficient (Wildman–Crippen LogP) is 1.57. The third kappa shape index (κ3) is 3.71. The molecule has 1 fully saturated rings. The number of fused-ring (bicyclic) bond motifs is 1. The fourth-order valence-electron chi connectivity index (χ4n) is 3.99. The lowest BCUT2D eigenvalue weighted by molar-refractivity contribution is 0.146. The summed E-state index contributed by atoms with van der Waals surface area (Å²) in [5.41, 5.74) is 3.17. The molecule has 3 heterocycles. The molecule has 28 heavy (non-hydrogen) atoms. The van der Waals surface area contributed by atoms with Crippen LogP contribution in [0.5, 0.6) is 0 Å². The van der Waals surface area contributed by atoms with Gasteiger partial charge in [0.15, 0.2) is 0 Å². The molecule has 1 aromatic carbocycles. The van der Waals surface area contributed by atoms with Crippen LogP contribution in [0, 0.1) is 0 Å². The van der Waals surface area contributed by atoms with Gasteiger partial charge in [-0.15, -0.1) is 0 Å². The number of likely N-dealkylation sites (N-methyl/N-ethyl adjacent to an activating group) is 1. The van der Waals surface area contributed by atoms with Crippen LogP contribution in [0.2, 0.25) is 5.02 Å². The van der Waals surface area contributed by atoms with E-state index in [1.807, 2.05) is 11.7 Å². The van der Waals surface area contributed by atoms with E-state index in [-0.39, 0.29) is 9.92 Å². The van der Waals surface area contributed by atoms with Crippen LogP contribution in [0.1, 0.15) is 17.0 Å². The van der Waals surface area contributed by atoms with Crippen molar-refractivity contribution in [2.45, 2.75) is 24.4 Å². The number of benzene rings is 1. The van der Waals surface area contributed by atoms with Crippen molar-refractivity contribution in [3.63, 3.8) is 0 Å². The number of hydrogen-bond acceptors (Lipinski definition) is 5. The summed E-state index contributed by atoms with van der Waals surface area (Å²) >= 11 is 6.17. The standard InChI is InChI=1S/C19H26ClN5O2S/c1-22-9-11-24(12-10-22)14-17-15-13-25(8-7-18(15)23(2)21-17)28(26,27)19-6-4-3-5-16(19)20/h3-6H,7-14H2,1-2H3. The molecule has 0 radical (unpaired) electrons. The van der Waals surface area contributed by atoms with Crippen LogP contribution in [0.4, 0.5) is 0 Å². The summed E-state index contributed by atoms with van der Waals surface area (Å²) in [6.45, 7) is 5.64. The SMILES string of the molecule is CN1CCN(Cc2nn(C)c3c2CN(S(=O)(=O)c2ccccc2Cl)CC3)CC1. The topological polar surface area (TPSA) is 61.7 Å².